The van der Waals surface area contributed by atoms with Crippen molar-refractivity contribution >= 4 is 22.5 Å². The largest absolute Gasteiger partial charge is 0.399 e. The van der Waals surface area contributed by atoms with Gasteiger partial charge in [0.15, 0.2) is 5.69 Å². The number of aromatic nitrogens is 2. The SMILES string of the molecule is Nc1ccc2[nH]nc(C(=O)NCCC3CCCC3)c2c1. The molecule has 0 spiro atoms. The Kier molecular flexibility index (Phi) is 3.58. The van der Waals surface area contributed by atoms with E-state index in [1.165, 1.54) is 25.7 Å². The molecule has 0 aliphatic heterocycles. The Labute approximate surface area is 117 Å². The fourth-order valence-electron chi connectivity index (χ4n) is 2.98. The normalized spacial score (nSPS) is 15.8. The number of anilines is 1. The number of carbonyl (C=O) groups excluding carboxylic acids is 1. The van der Waals surface area contributed by atoms with Crippen molar-refractivity contribution < 1.29 is 4.79 Å². The van der Waals surface area contributed by atoms with Gasteiger partial charge in [-0.05, 0) is 30.5 Å². The molecular formula is C15H20N4O. The minimum absolute atomic E-state index is 0.125. The summed E-state index contributed by atoms with van der Waals surface area (Å²) in [6, 6.07) is 5.42. The molecule has 2 aromatic rings. The highest BCUT2D eigenvalue weighted by Crippen LogP contribution is 2.27. The predicted molar refractivity (Wildman–Crippen MR) is 79.4 cm³/mol. The molecule has 1 fully saturated rings. The number of carbonyl (C=O) groups is 1. The second kappa shape index (κ2) is 5.53. The van der Waals surface area contributed by atoms with Gasteiger partial charge in [-0.3, -0.25) is 9.89 Å². The Balaban J connectivity index is 1.64. The molecule has 4 N–H and O–H groups in total. The zero-order valence-corrected chi connectivity index (χ0v) is 11.5. The van der Waals surface area contributed by atoms with Gasteiger partial charge in [-0.15, -0.1) is 0 Å². The van der Waals surface area contributed by atoms with Gasteiger partial charge in [0.05, 0.1) is 5.52 Å². The summed E-state index contributed by atoms with van der Waals surface area (Å²) in [7, 11) is 0. The summed E-state index contributed by atoms with van der Waals surface area (Å²) in [5, 5.41) is 10.7. The zero-order chi connectivity index (χ0) is 13.9. The third-order valence-corrected chi connectivity index (χ3v) is 4.11. The Hall–Kier alpha value is -2.04. The highest BCUT2D eigenvalue weighted by atomic mass is 16.1. The maximum atomic E-state index is 12.2. The van der Waals surface area contributed by atoms with Crippen LogP contribution in [0.1, 0.15) is 42.6 Å². The van der Waals surface area contributed by atoms with Crippen LogP contribution in [0, 0.1) is 5.92 Å². The first-order chi connectivity index (χ1) is 9.74. The molecule has 1 aliphatic rings. The van der Waals surface area contributed by atoms with Crippen LogP contribution in [0.25, 0.3) is 10.9 Å². The number of amides is 1. The van der Waals surface area contributed by atoms with Crippen LogP contribution < -0.4 is 11.1 Å². The smallest absolute Gasteiger partial charge is 0.272 e. The van der Waals surface area contributed by atoms with Crippen molar-refractivity contribution in [2.45, 2.75) is 32.1 Å². The van der Waals surface area contributed by atoms with Crippen molar-refractivity contribution in [3.63, 3.8) is 0 Å². The molecule has 1 amide bonds. The highest BCUT2D eigenvalue weighted by Gasteiger charge is 2.17. The average Bonchev–Trinajstić information content (AvgIpc) is 3.07. The van der Waals surface area contributed by atoms with E-state index >= 15 is 0 Å². The summed E-state index contributed by atoms with van der Waals surface area (Å²) in [6.45, 7) is 0.722. The molecule has 1 saturated carbocycles. The number of H-pyrrole nitrogens is 1. The van der Waals surface area contributed by atoms with Crippen LogP contribution in [-0.2, 0) is 0 Å². The monoisotopic (exact) mass is 272 g/mol. The second-order valence-corrected chi connectivity index (χ2v) is 5.57. The van der Waals surface area contributed by atoms with Crippen molar-refractivity contribution in [1.29, 1.82) is 0 Å². The Morgan fingerprint density at radius 2 is 2.20 bits per heavy atom. The number of fused-ring (bicyclic) bond motifs is 1. The number of nitrogen functional groups attached to an aromatic ring is 1. The van der Waals surface area contributed by atoms with Crippen molar-refractivity contribution in [2.24, 2.45) is 5.92 Å². The lowest BCUT2D eigenvalue weighted by Gasteiger charge is -2.09. The Morgan fingerprint density at radius 3 is 3.00 bits per heavy atom. The Morgan fingerprint density at radius 1 is 1.40 bits per heavy atom. The summed E-state index contributed by atoms with van der Waals surface area (Å²) in [5.74, 6) is 0.654. The van der Waals surface area contributed by atoms with Crippen LogP contribution in [0.2, 0.25) is 0 Å². The van der Waals surface area contributed by atoms with Gasteiger partial charge in [0.2, 0.25) is 0 Å². The van der Waals surface area contributed by atoms with E-state index in [0.29, 0.717) is 11.4 Å². The minimum Gasteiger partial charge on any atom is -0.399 e. The lowest BCUT2D eigenvalue weighted by molar-refractivity contribution is 0.0948. The van der Waals surface area contributed by atoms with Crippen LogP contribution >= 0.6 is 0 Å². The van der Waals surface area contributed by atoms with Gasteiger partial charge >= 0.3 is 0 Å². The molecule has 1 aromatic carbocycles. The maximum absolute atomic E-state index is 12.2. The highest BCUT2D eigenvalue weighted by molar-refractivity contribution is 6.05. The molecule has 3 rings (SSSR count). The average molecular weight is 272 g/mol. The molecule has 1 aromatic heterocycles. The standard InChI is InChI=1S/C15H20N4O/c16-11-5-6-13-12(9-11)14(19-18-13)15(20)17-8-7-10-3-1-2-4-10/h5-6,9-10H,1-4,7-8,16H2,(H,17,20)(H,18,19). The van der Waals surface area contributed by atoms with E-state index in [9.17, 15) is 4.79 Å². The molecule has 0 bridgehead atoms. The summed E-state index contributed by atoms with van der Waals surface area (Å²) in [5.41, 5.74) is 7.66. The van der Waals surface area contributed by atoms with Crippen molar-refractivity contribution in [3.05, 3.63) is 23.9 Å². The van der Waals surface area contributed by atoms with E-state index in [0.717, 1.165) is 29.8 Å². The van der Waals surface area contributed by atoms with Crippen LogP contribution in [-0.4, -0.2) is 22.6 Å². The van der Waals surface area contributed by atoms with Crippen LogP contribution in [0.3, 0.4) is 0 Å². The van der Waals surface area contributed by atoms with Crippen molar-refractivity contribution in [2.75, 3.05) is 12.3 Å². The quantitative estimate of drug-likeness (QED) is 0.747. The van der Waals surface area contributed by atoms with Gasteiger partial charge in [0.1, 0.15) is 0 Å². The summed E-state index contributed by atoms with van der Waals surface area (Å²) in [4.78, 5) is 12.2. The molecule has 0 unspecified atom stereocenters. The lowest BCUT2D eigenvalue weighted by Crippen LogP contribution is -2.26. The third kappa shape index (κ3) is 2.61. The minimum atomic E-state index is -0.125. The first-order valence-electron chi connectivity index (χ1n) is 7.26. The van der Waals surface area contributed by atoms with E-state index in [-0.39, 0.29) is 5.91 Å². The third-order valence-electron chi connectivity index (χ3n) is 4.11. The maximum Gasteiger partial charge on any atom is 0.272 e. The number of nitrogens with zero attached hydrogens (tertiary/aromatic N) is 1. The zero-order valence-electron chi connectivity index (χ0n) is 11.5. The molecule has 5 nitrogen and oxygen atoms in total. The second-order valence-electron chi connectivity index (χ2n) is 5.57. The number of hydrogen-bond acceptors (Lipinski definition) is 3. The van der Waals surface area contributed by atoms with E-state index in [1.54, 1.807) is 12.1 Å². The molecule has 1 aliphatic carbocycles. The van der Waals surface area contributed by atoms with E-state index in [4.69, 9.17) is 5.73 Å². The van der Waals surface area contributed by atoms with Crippen LogP contribution in [0.4, 0.5) is 5.69 Å². The molecule has 106 valence electrons. The van der Waals surface area contributed by atoms with E-state index in [1.807, 2.05) is 6.07 Å². The van der Waals surface area contributed by atoms with Gasteiger partial charge in [-0.25, -0.2) is 0 Å². The topological polar surface area (TPSA) is 83.8 Å². The first kappa shape index (κ1) is 13.0. The number of benzene rings is 1. The fraction of sp³-hybridized carbons (Fsp3) is 0.467. The number of rotatable bonds is 4. The molecule has 0 radical (unpaired) electrons. The fourth-order valence-corrected chi connectivity index (χ4v) is 2.98. The van der Waals surface area contributed by atoms with Crippen molar-refractivity contribution in [1.82, 2.24) is 15.5 Å². The van der Waals surface area contributed by atoms with E-state index in [2.05, 4.69) is 15.5 Å². The number of nitrogens with one attached hydrogen (secondary N) is 2. The van der Waals surface area contributed by atoms with Crippen molar-refractivity contribution in [3.8, 4) is 0 Å². The van der Waals surface area contributed by atoms with Gasteiger partial charge in [0.25, 0.3) is 5.91 Å². The van der Waals surface area contributed by atoms with Gasteiger partial charge in [-0.1, -0.05) is 25.7 Å². The number of nitrogens with two attached hydrogens (primary N) is 1. The molecule has 0 saturated heterocycles. The molecule has 20 heavy (non-hydrogen) atoms. The van der Waals surface area contributed by atoms with E-state index < -0.39 is 0 Å². The molecule has 0 atom stereocenters. The van der Waals surface area contributed by atoms with Crippen LogP contribution in [0.5, 0.6) is 0 Å². The number of hydrogen-bond donors (Lipinski definition) is 3. The Bertz CT molecular complexity index is 613. The molecule has 5 heteroatoms. The number of aromatic amines is 1. The predicted octanol–water partition coefficient (Wildman–Crippen LogP) is 2.46. The first-order valence-corrected chi connectivity index (χ1v) is 7.26. The molecular weight excluding hydrogens is 252 g/mol. The van der Waals surface area contributed by atoms with Gasteiger partial charge < -0.3 is 11.1 Å². The van der Waals surface area contributed by atoms with Gasteiger partial charge in [0, 0.05) is 17.6 Å². The molecule has 1 heterocycles. The van der Waals surface area contributed by atoms with Crippen LogP contribution in [0.15, 0.2) is 18.2 Å². The summed E-state index contributed by atoms with van der Waals surface area (Å²) in [6.07, 6.45) is 6.34. The van der Waals surface area contributed by atoms with Gasteiger partial charge in [-0.2, -0.15) is 5.10 Å². The lowest BCUT2D eigenvalue weighted by atomic mass is 10.0. The summed E-state index contributed by atoms with van der Waals surface area (Å²) < 4.78 is 0. The summed E-state index contributed by atoms with van der Waals surface area (Å²) >= 11 is 0.